The van der Waals surface area contributed by atoms with Crippen molar-refractivity contribution in [2.75, 3.05) is 0 Å². The first-order valence-electron chi connectivity index (χ1n) is 13.2. The first-order valence-corrected chi connectivity index (χ1v) is 13.2. The number of rotatable bonds is 5. The van der Waals surface area contributed by atoms with E-state index in [9.17, 15) is 0 Å². The molecule has 0 amide bonds. The second-order valence-electron chi connectivity index (χ2n) is 9.61. The van der Waals surface area contributed by atoms with Crippen LogP contribution in [0.25, 0.3) is 67.3 Å². The molecule has 2 heterocycles. The number of fused-ring (bicyclic) bond motifs is 1. The van der Waals surface area contributed by atoms with Crippen LogP contribution in [0.3, 0.4) is 0 Å². The van der Waals surface area contributed by atoms with E-state index in [0.29, 0.717) is 17.5 Å². The molecule has 40 heavy (non-hydrogen) atoms. The molecule has 0 radical (unpaired) electrons. The van der Waals surface area contributed by atoms with Crippen molar-refractivity contribution in [1.82, 2.24) is 19.9 Å². The van der Waals surface area contributed by atoms with Gasteiger partial charge in [0.05, 0.1) is 5.69 Å². The van der Waals surface area contributed by atoms with Gasteiger partial charge in [-0.3, -0.25) is 4.98 Å². The molecule has 0 aliphatic heterocycles. The highest BCUT2D eigenvalue weighted by molar-refractivity contribution is 5.89. The van der Waals surface area contributed by atoms with E-state index >= 15 is 0 Å². The number of benzene rings is 5. The summed E-state index contributed by atoms with van der Waals surface area (Å²) < 4.78 is 0. The maximum atomic E-state index is 4.98. The topological polar surface area (TPSA) is 51.6 Å². The molecule has 0 aliphatic carbocycles. The lowest BCUT2D eigenvalue weighted by Gasteiger charge is -2.12. The zero-order valence-electron chi connectivity index (χ0n) is 21.6. The Kier molecular flexibility index (Phi) is 6.11. The van der Waals surface area contributed by atoms with Gasteiger partial charge in [-0.15, -0.1) is 0 Å². The van der Waals surface area contributed by atoms with E-state index in [0.717, 1.165) is 39.1 Å². The molecule has 0 saturated heterocycles. The molecule has 7 rings (SSSR count). The monoisotopic (exact) mass is 512 g/mol. The highest BCUT2D eigenvalue weighted by atomic mass is 15.0. The van der Waals surface area contributed by atoms with Crippen LogP contribution in [-0.4, -0.2) is 19.9 Å². The lowest BCUT2D eigenvalue weighted by atomic mass is 9.96. The summed E-state index contributed by atoms with van der Waals surface area (Å²) in [5, 5.41) is 2.41. The van der Waals surface area contributed by atoms with Gasteiger partial charge in [0.1, 0.15) is 0 Å². The summed E-state index contributed by atoms with van der Waals surface area (Å²) in [6, 6.07) is 47.5. The van der Waals surface area contributed by atoms with Gasteiger partial charge in [-0.2, -0.15) is 0 Å². The Morgan fingerprint density at radius 1 is 0.325 bits per heavy atom. The van der Waals surface area contributed by atoms with Crippen LogP contribution in [0, 0.1) is 0 Å². The molecule has 0 saturated carbocycles. The number of aromatic nitrogens is 4. The molecular formula is C36H24N4. The van der Waals surface area contributed by atoms with Crippen molar-refractivity contribution in [3.63, 3.8) is 0 Å². The summed E-state index contributed by atoms with van der Waals surface area (Å²) in [6.45, 7) is 0. The minimum Gasteiger partial charge on any atom is -0.256 e. The van der Waals surface area contributed by atoms with Crippen LogP contribution in [0.1, 0.15) is 0 Å². The predicted molar refractivity (Wildman–Crippen MR) is 162 cm³/mol. The van der Waals surface area contributed by atoms with Crippen LogP contribution in [0.4, 0.5) is 0 Å². The van der Waals surface area contributed by atoms with Crippen LogP contribution in [0.5, 0.6) is 0 Å². The first-order chi connectivity index (χ1) is 19.8. The van der Waals surface area contributed by atoms with E-state index in [2.05, 4.69) is 65.6 Å². The molecule has 0 fully saturated rings. The van der Waals surface area contributed by atoms with Gasteiger partial charge in [0.25, 0.3) is 0 Å². The van der Waals surface area contributed by atoms with Crippen molar-refractivity contribution in [2.24, 2.45) is 0 Å². The van der Waals surface area contributed by atoms with Gasteiger partial charge in [0, 0.05) is 28.5 Å². The Balaban J connectivity index is 1.45. The van der Waals surface area contributed by atoms with Gasteiger partial charge >= 0.3 is 0 Å². The number of hydrogen-bond donors (Lipinski definition) is 0. The van der Waals surface area contributed by atoms with Gasteiger partial charge in [-0.1, -0.05) is 103 Å². The molecule has 0 atom stereocenters. The summed E-state index contributed by atoms with van der Waals surface area (Å²) in [5.41, 5.74) is 6.89. The average molecular weight is 513 g/mol. The molecule has 0 aliphatic rings. The van der Waals surface area contributed by atoms with Gasteiger partial charge in [0.2, 0.25) is 0 Å². The molecule has 2 aromatic heterocycles. The summed E-state index contributed by atoms with van der Waals surface area (Å²) in [5.74, 6) is 1.90. The average Bonchev–Trinajstić information content (AvgIpc) is 3.05. The predicted octanol–water partition coefficient (Wildman–Crippen LogP) is 8.75. The van der Waals surface area contributed by atoms with Crippen molar-refractivity contribution in [3.8, 4) is 56.5 Å². The molecule has 5 aromatic carbocycles. The number of hydrogen-bond acceptors (Lipinski definition) is 4. The SMILES string of the molecule is c1ccc(-c2nc(-c3ccccc3)nc(-c3cc(-c4ccc5ccccc5c4)cc(-c4ccccn4)c3)n2)cc1. The van der Waals surface area contributed by atoms with Gasteiger partial charge < -0.3 is 0 Å². The molecule has 188 valence electrons. The molecule has 4 nitrogen and oxygen atoms in total. The van der Waals surface area contributed by atoms with Crippen LogP contribution >= 0.6 is 0 Å². The van der Waals surface area contributed by atoms with Crippen molar-refractivity contribution >= 4 is 10.8 Å². The smallest absolute Gasteiger partial charge is 0.164 e. The van der Waals surface area contributed by atoms with Gasteiger partial charge in [0.15, 0.2) is 17.5 Å². The largest absolute Gasteiger partial charge is 0.256 e. The summed E-state index contributed by atoms with van der Waals surface area (Å²) in [4.78, 5) is 19.5. The van der Waals surface area contributed by atoms with Crippen LogP contribution in [0.15, 0.2) is 146 Å². The van der Waals surface area contributed by atoms with Crippen molar-refractivity contribution < 1.29 is 0 Å². The van der Waals surface area contributed by atoms with Crippen molar-refractivity contribution in [1.29, 1.82) is 0 Å². The Morgan fingerprint density at radius 3 is 1.52 bits per heavy atom. The van der Waals surface area contributed by atoms with E-state index in [1.165, 1.54) is 10.8 Å². The minimum atomic E-state index is 0.618. The maximum absolute atomic E-state index is 4.98. The van der Waals surface area contributed by atoms with E-state index in [4.69, 9.17) is 15.0 Å². The fraction of sp³-hybridized carbons (Fsp3) is 0. The molecule has 0 N–H and O–H groups in total. The lowest BCUT2D eigenvalue weighted by Crippen LogP contribution is -2.00. The number of nitrogens with zero attached hydrogens (tertiary/aromatic N) is 4. The third kappa shape index (κ3) is 4.74. The summed E-state index contributed by atoms with van der Waals surface area (Å²) >= 11 is 0. The fourth-order valence-corrected chi connectivity index (χ4v) is 4.91. The summed E-state index contributed by atoms with van der Waals surface area (Å²) in [6.07, 6.45) is 1.82. The van der Waals surface area contributed by atoms with E-state index in [-0.39, 0.29) is 0 Å². The molecule has 7 aromatic rings. The third-order valence-electron chi connectivity index (χ3n) is 6.93. The Bertz CT molecular complexity index is 1880. The Morgan fingerprint density at radius 2 is 0.875 bits per heavy atom. The molecule has 0 unspecified atom stereocenters. The quantitative estimate of drug-likeness (QED) is 0.231. The zero-order chi connectivity index (χ0) is 26.7. The lowest BCUT2D eigenvalue weighted by molar-refractivity contribution is 1.07. The standard InChI is InChI=1S/C36H24N4/c1-3-12-26(13-4-1)34-38-35(27-14-5-2-6-15-27)40-36(39-34)32-23-30(22-31(24-32)33-17-9-10-20-37-33)29-19-18-25-11-7-8-16-28(25)21-29/h1-24H. The van der Waals surface area contributed by atoms with E-state index < -0.39 is 0 Å². The van der Waals surface area contributed by atoms with Crippen LogP contribution < -0.4 is 0 Å². The van der Waals surface area contributed by atoms with Crippen molar-refractivity contribution in [3.05, 3.63) is 146 Å². The van der Waals surface area contributed by atoms with E-state index in [1.807, 2.05) is 85.1 Å². The zero-order valence-corrected chi connectivity index (χ0v) is 21.6. The molecule has 0 spiro atoms. The van der Waals surface area contributed by atoms with Crippen LogP contribution in [0.2, 0.25) is 0 Å². The minimum absolute atomic E-state index is 0.618. The highest BCUT2D eigenvalue weighted by Crippen LogP contribution is 2.33. The highest BCUT2D eigenvalue weighted by Gasteiger charge is 2.15. The molecular weight excluding hydrogens is 488 g/mol. The van der Waals surface area contributed by atoms with Gasteiger partial charge in [-0.05, 0) is 58.3 Å². The molecule has 0 bridgehead atoms. The van der Waals surface area contributed by atoms with E-state index in [1.54, 1.807) is 0 Å². The maximum Gasteiger partial charge on any atom is 0.164 e. The second kappa shape index (κ2) is 10.4. The fourth-order valence-electron chi connectivity index (χ4n) is 4.91. The third-order valence-corrected chi connectivity index (χ3v) is 6.93. The second-order valence-corrected chi connectivity index (χ2v) is 9.61. The Labute approximate surface area is 232 Å². The first kappa shape index (κ1) is 23.6. The Hall–Kier alpha value is -5.48. The van der Waals surface area contributed by atoms with Crippen molar-refractivity contribution in [2.45, 2.75) is 0 Å². The molecule has 4 heteroatoms. The number of pyridine rings is 1. The normalized spacial score (nSPS) is 11.0. The summed E-state index contributed by atoms with van der Waals surface area (Å²) in [7, 11) is 0. The van der Waals surface area contributed by atoms with Gasteiger partial charge in [-0.25, -0.2) is 15.0 Å². The van der Waals surface area contributed by atoms with Crippen LogP contribution in [-0.2, 0) is 0 Å².